The predicted octanol–water partition coefficient (Wildman–Crippen LogP) is 3.23. The molecule has 1 aliphatic carbocycles. The maximum absolute atomic E-state index is 13.2. The summed E-state index contributed by atoms with van der Waals surface area (Å²) in [4.78, 5) is 26.2. The Morgan fingerprint density at radius 1 is 1.10 bits per heavy atom. The lowest BCUT2D eigenvalue weighted by Crippen LogP contribution is -2.42. The van der Waals surface area contributed by atoms with Crippen LogP contribution in [0.3, 0.4) is 0 Å². The standard InChI is InChI=1S/C22H27F3N2O4/c23-22(24,25)15-9-14-12-27(6-3-18(14)19(11-15)21(29)30)20(28)13-1-2-17(10-13)26-16-4-7-31-8-5-16/h9,11,13,16-17,26H,1-8,10,12H2,(H,29,30). The first kappa shape index (κ1) is 22.1. The molecule has 0 bridgehead atoms. The monoisotopic (exact) mass is 440 g/mol. The first-order chi connectivity index (χ1) is 14.7. The first-order valence-corrected chi connectivity index (χ1v) is 10.8. The largest absolute Gasteiger partial charge is 0.478 e. The minimum Gasteiger partial charge on any atom is -0.478 e. The number of carboxylic acids is 1. The SMILES string of the molecule is O=C(O)c1cc(C(F)(F)F)cc2c1CCN(C(=O)C1CCC(NC3CCOCC3)C1)C2. The van der Waals surface area contributed by atoms with E-state index in [2.05, 4.69) is 5.32 Å². The van der Waals surface area contributed by atoms with Gasteiger partial charge in [0.15, 0.2) is 0 Å². The molecule has 2 unspecified atom stereocenters. The average Bonchev–Trinajstić information content (AvgIpc) is 3.20. The summed E-state index contributed by atoms with van der Waals surface area (Å²) in [6, 6.07) is 2.36. The molecule has 2 aliphatic heterocycles. The highest BCUT2D eigenvalue weighted by atomic mass is 19.4. The molecule has 9 heteroatoms. The van der Waals surface area contributed by atoms with Crippen LogP contribution in [0.4, 0.5) is 13.2 Å². The van der Waals surface area contributed by atoms with Crippen LogP contribution >= 0.6 is 0 Å². The van der Waals surface area contributed by atoms with Crippen LogP contribution in [-0.2, 0) is 28.7 Å². The Morgan fingerprint density at radius 3 is 2.52 bits per heavy atom. The van der Waals surface area contributed by atoms with E-state index in [0.29, 0.717) is 24.2 Å². The molecule has 2 fully saturated rings. The molecule has 1 saturated heterocycles. The Morgan fingerprint density at radius 2 is 1.84 bits per heavy atom. The molecule has 6 nitrogen and oxygen atoms in total. The van der Waals surface area contributed by atoms with E-state index < -0.39 is 17.7 Å². The van der Waals surface area contributed by atoms with Gasteiger partial charge in [0.05, 0.1) is 11.1 Å². The van der Waals surface area contributed by atoms with Gasteiger partial charge in [-0.3, -0.25) is 4.79 Å². The molecular weight excluding hydrogens is 413 g/mol. The van der Waals surface area contributed by atoms with Crippen molar-refractivity contribution in [3.63, 3.8) is 0 Å². The zero-order valence-corrected chi connectivity index (χ0v) is 17.2. The highest BCUT2D eigenvalue weighted by molar-refractivity contribution is 5.90. The minimum atomic E-state index is -4.64. The molecule has 0 aromatic heterocycles. The fourth-order valence-electron chi connectivity index (χ4n) is 5.06. The summed E-state index contributed by atoms with van der Waals surface area (Å²) in [5, 5.41) is 13.0. The number of ether oxygens (including phenoxy) is 1. The number of fused-ring (bicyclic) bond motifs is 1. The van der Waals surface area contributed by atoms with Gasteiger partial charge in [-0.2, -0.15) is 13.2 Å². The second-order valence-corrected chi connectivity index (χ2v) is 8.73. The lowest BCUT2D eigenvalue weighted by molar-refractivity contribution is -0.137. The molecule has 31 heavy (non-hydrogen) atoms. The molecular formula is C22H27F3N2O4. The third kappa shape index (κ3) is 4.87. The van der Waals surface area contributed by atoms with Crippen LogP contribution in [0.1, 0.15) is 59.2 Å². The Hall–Kier alpha value is -2.13. The Labute approximate surface area is 178 Å². The lowest BCUT2D eigenvalue weighted by atomic mass is 9.91. The topological polar surface area (TPSA) is 78.9 Å². The van der Waals surface area contributed by atoms with Gasteiger partial charge in [-0.05, 0) is 61.8 Å². The van der Waals surface area contributed by atoms with Crippen molar-refractivity contribution in [2.24, 2.45) is 5.92 Å². The molecule has 3 aliphatic rings. The van der Waals surface area contributed by atoms with Crippen LogP contribution in [0.5, 0.6) is 0 Å². The van der Waals surface area contributed by atoms with Crippen LogP contribution in [0.2, 0.25) is 0 Å². The molecule has 0 spiro atoms. The number of halogens is 3. The number of carbonyl (C=O) groups excluding carboxylic acids is 1. The van der Waals surface area contributed by atoms with Gasteiger partial charge in [0, 0.05) is 44.3 Å². The molecule has 0 radical (unpaired) electrons. The third-order valence-electron chi connectivity index (χ3n) is 6.68. The van der Waals surface area contributed by atoms with Crippen molar-refractivity contribution in [1.82, 2.24) is 10.2 Å². The van der Waals surface area contributed by atoms with E-state index >= 15 is 0 Å². The van der Waals surface area contributed by atoms with Crippen LogP contribution in [-0.4, -0.2) is 53.7 Å². The number of nitrogens with one attached hydrogen (secondary N) is 1. The summed E-state index contributed by atoms with van der Waals surface area (Å²) < 4.78 is 45.1. The van der Waals surface area contributed by atoms with Crippen molar-refractivity contribution >= 4 is 11.9 Å². The molecule has 4 rings (SSSR count). The summed E-state index contributed by atoms with van der Waals surface area (Å²) in [5.74, 6) is -1.57. The number of alkyl halides is 3. The third-order valence-corrected chi connectivity index (χ3v) is 6.68. The van der Waals surface area contributed by atoms with Crippen LogP contribution in [0, 0.1) is 5.92 Å². The second-order valence-electron chi connectivity index (χ2n) is 8.73. The van der Waals surface area contributed by atoms with Gasteiger partial charge >= 0.3 is 12.1 Å². The Bertz CT molecular complexity index is 852. The Balaban J connectivity index is 1.44. The van der Waals surface area contributed by atoms with E-state index in [0.717, 1.165) is 51.4 Å². The van der Waals surface area contributed by atoms with E-state index in [1.165, 1.54) is 0 Å². The number of carbonyl (C=O) groups is 2. The van der Waals surface area contributed by atoms with Crippen molar-refractivity contribution in [3.8, 4) is 0 Å². The molecule has 2 atom stereocenters. The van der Waals surface area contributed by atoms with E-state index in [1.54, 1.807) is 4.90 Å². The van der Waals surface area contributed by atoms with Crippen LogP contribution < -0.4 is 5.32 Å². The van der Waals surface area contributed by atoms with Gasteiger partial charge < -0.3 is 20.1 Å². The smallest absolute Gasteiger partial charge is 0.416 e. The minimum absolute atomic E-state index is 0.0208. The molecule has 170 valence electrons. The average molecular weight is 440 g/mol. The predicted molar refractivity (Wildman–Crippen MR) is 106 cm³/mol. The van der Waals surface area contributed by atoms with Gasteiger partial charge in [-0.1, -0.05) is 0 Å². The summed E-state index contributed by atoms with van der Waals surface area (Å²) in [7, 11) is 0. The number of carboxylic acid groups (broad SMARTS) is 1. The highest BCUT2D eigenvalue weighted by Gasteiger charge is 2.37. The normalized spacial score (nSPS) is 24.8. The summed E-state index contributed by atoms with van der Waals surface area (Å²) in [6.45, 7) is 1.84. The fourth-order valence-corrected chi connectivity index (χ4v) is 5.06. The number of aromatic carboxylic acids is 1. The van der Waals surface area contributed by atoms with E-state index in [-0.39, 0.29) is 42.0 Å². The van der Waals surface area contributed by atoms with E-state index in [9.17, 15) is 27.9 Å². The number of benzene rings is 1. The van der Waals surface area contributed by atoms with Crippen molar-refractivity contribution in [3.05, 3.63) is 34.4 Å². The summed E-state index contributed by atoms with van der Waals surface area (Å²) >= 11 is 0. The van der Waals surface area contributed by atoms with Crippen LogP contribution in [0.15, 0.2) is 12.1 Å². The number of hydrogen-bond acceptors (Lipinski definition) is 4. The molecule has 1 aromatic carbocycles. The summed E-state index contributed by atoms with van der Waals surface area (Å²) in [5.41, 5.74) is -0.630. The number of rotatable bonds is 4. The van der Waals surface area contributed by atoms with E-state index in [4.69, 9.17) is 4.74 Å². The maximum atomic E-state index is 13.2. The first-order valence-electron chi connectivity index (χ1n) is 10.8. The lowest BCUT2D eigenvalue weighted by Gasteiger charge is -2.32. The molecule has 1 saturated carbocycles. The Kier molecular flexibility index (Phi) is 6.25. The van der Waals surface area contributed by atoms with Crippen LogP contribution in [0.25, 0.3) is 0 Å². The number of hydrogen-bond donors (Lipinski definition) is 2. The van der Waals surface area contributed by atoms with Crippen molar-refractivity contribution in [2.45, 2.75) is 63.3 Å². The molecule has 2 N–H and O–H groups in total. The van der Waals surface area contributed by atoms with Gasteiger partial charge in [0.2, 0.25) is 5.91 Å². The molecule has 1 amide bonds. The molecule has 1 aromatic rings. The zero-order chi connectivity index (χ0) is 22.2. The van der Waals surface area contributed by atoms with Crippen molar-refractivity contribution < 1.29 is 32.6 Å². The van der Waals surface area contributed by atoms with Gasteiger partial charge in [-0.15, -0.1) is 0 Å². The van der Waals surface area contributed by atoms with E-state index in [1.807, 2.05) is 0 Å². The number of nitrogens with zero attached hydrogens (tertiary/aromatic N) is 1. The highest BCUT2D eigenvalue weighted by Crippen LogP contribution is 2.35. The summed E-state index contributed by atoms with van der Waals surface area (Å²) in [6.07, 6.45) is -0.0809. The fraction of sp³-hybridized carbons (Fsp3) is 0.636. The van der Waals surface area contributed by atoms with Crippen molar-refractivity contribution in [2.75, 3.05) is 19.8 Å². The molecule has 2 heterocycles. The maximum Gasteiger partial charge on any atom is 0.416 e. The van der Waals surface area contributed by atoms with Gasteiger partial charge in [0.1, 0.15) is 0 Å². The van der Waals surface area contributed by atoms with Gasteiger partial charge in [0.25, 0.3) is 0 Å². The zero-order valence-electron chi connectivity index (χ0n) is 17.2. The quantitative estimate of drug-likeness (QED) is 0.752. The number of amides is 1. The van der Waals surface area contributed by atoms with Gasteiger partial charge in [-0.25, -0.2) is 4.79 Å². The second kappa shape index (κ2) is 8.78. The van der Waals surface area contributed by atoms with Crippen molar-refractivity contribution in [1.29, 1.82) is 0 Å².